The van der Waals surface area contributed by atoms with Crippen molar-refractivity contribution in [1.82, 2.24) is 5.48 Å². The lowest BCUT2D eigenvalue weighted by atomic mass is 10.1. The highest BCUT2D eigenvalue weighted by molar-refractivity contribution is 6.31. The van der Waals surface area contributed by atoms with Gasteiger partial charge in [-0.25, -0.2) is 5.48 Å². The third kappa shape index (κ3) is 3.36. The van der Waals surface area contributed by atoms with Crippen LogP contribution in [0.3, 0.4) is 0 Å². The van der Waals surface area contributed by atoms with E-state index in [0.717, 1.165) is 5.56 Å². The van der Waals surface area contributed by atoms with Gasteiger partial charge in [0.2, 0.25) is 5.91 Å². The van der Waals surface area contributed by atoms with Crippen LogP contribution in [-0.4, -0.2) is 13.0 Å². The van der Waals surface area contributed by atoms with Crippen molar-refractivity contribution in [2.45, 2.75) is 12.8 Å². The average Bonchev–Trinajstić information content (AvgIpc) is 2.17. The van der Waals surface area contributed by atoms with Crippen LogP contribution in [0.2, 0.25) is 5.02 Å². The molecule has 14 heavy (non-hydrogen) atoms. The molecule has 0 fully saturated rings. The summed E-state index contributed by atoms with van der Waals surface area (Å²) in [5, 5.41) is 0.692. The van der Waals surface area contributed by atoms with E-state index in [-0.39, 0.29) is 5.91 Å². The van der Waals surface area contributed by atoms with E-state index < -0.39 is 0 Å². The Morgan fingerprint density at radius 1 is 1.50 bits per heavy atom. The summed E-state index contributed by atoms with van der Waals surface area (Å²) in [6.45, 7) is 0. The lowest BCUT2D eigenvalue weighted by Crippen LogP contribution is -2.21. The molecular formula is C10H12ClNO2. The van der Waals surface area contributed by atoms with Crippen molar-refractivity contribution < 1.29 is 9.63 Å². The Balaban J connectivity index is 2.46. The Labute approximate surface area is 88.0 Å². The summed E-state index contributed by atoms with van der Waals surface area (Å²) in [4.78, 5) is 15.5. The van der Waals surface area contributed by atoms with E-state index in [4.69, 9.17) is 11.6 Å². The molecule has 1 amide bonds. The maximum absolute atomic E-state index is 11.0. The summed E-state index contributed by atoms with van der Waals surface area (Å²) in [5.41, 5.74) is 3.23. The number of halogens is 1. The van der Waals surface area contributed by atoms with Gasteiger partial charge in [0.15, 0.2) is 0 Å². The lowest BCUT2D eigenvalue weighted by molar-refractivity contribution is -0.131. The van der Waals surface area contributed by atoms with Crippen LogP contribution in [0.15, 0.2) is 24.3 Å². The molecule has 0 aliphatic heterocycles. The zero-order valence-corrected chi connectivity index (χ0v) is 8.67. The Hall–Kier alpha value is -1.06. The Morgan fingerprint density at radius 2 is 2.21 bits per heavy atom. The van der Waals surface area contributed by atoms with Gasteiger partial charge in [-0.3, -0.25) is 9.63 Å². The van der Waals surface area contributed by atoms with Crippen LogP contribution in [0.4, 0.5) is 0 Å². The van der Waals surface area contributed by atoms with Crippen molar-refractivity contribution in [2.75, 3.05) is 7.11 Å². The summed E-state index contributed by atoms with van der Waals surface area (Å²) in [6.07, 6.45) is 0.993. The topological polar surface area (TPSA) is 38.3 Å². The van der Waals surface area contributed by atoms with Gasteiger partial charge in [0, 0.05) is 11.4 Å². The summed E-state index contributed by atoms with van der Waals surface area (Å²) >= 11 is 5.92. The molecule has 0 bridgehead atoms. The molecule has 0 saturated carbocycles. The normalized spacial score (nSPS) is 9.86. The largest absolute Gasteiger partial charge is 0.277 e. The van der Waals surface area contributed by atoms with Crippen molar-refractivity contribution in [3.8, 4) is 0 Å². The van der Waals surface area contributed by atoms with Crippen LogP contribution < -0.4 is 5.48 Å². The molecule has 1 rings (SSSR count). The SMILES string of the molecule is CONC(=O)CCc1ccccc1Cl. The first-order chi connectivity index (χ1) is 6.74. The molecular weight excluding hydrogens is 202 g/mol. The molecule has 3 nitrogen and oxygen atoms in total. The molecule has 76 valence electrons. The molecule has 1 aromatic rings. The summed E-state index contributed by atoms with van der Waals surface area (Å²) in [6, 6.07) is 7.48. The number of benzene rings is 1. The van der Waals surface area contributed by atoms with Crippen LogP contribution in [0.5, 0.6) is 0 Å². The smallest absolute Gasteiger partial charge is 0.243 e. The molecule has 1 N–H and O–H groups in total. The van der Waals surface area contributed by atoms with Gasteiger partial charge in [-0.15, -0.1) is 0 Å². The van der Waals surface area contributed by atoms with Crippen LogP contribution in [0.25, 0.3) is 0 Å². The number of aryl methyl sites for hydroxylation is 1. The number of hydroxylamine groups is 1. The van der Waals surface area contributed by atoms with E-state index in [1.54, 1.807) is 0 Å². The maximum atomic E-state index is 11.0. The van der Waals surface area contributed by atoms with Crippen molar-refractivity contribution >= 4 is 17.5 Å². The number of carbonyl (C=O) groups excluding carboxylic acids is 1. The van der Waals surface area contributed by atoms with Gasteiger partial charge in [-0.1, -0.05) is 29.8 Å². The van der Waals surface area contributed by atoms with Crippen LogP contribution >= 0.6 is 11.6 Å². The van der Waals surface area contributed by atoms with Gasteiger partial charge in [-0.05, 0) is 18.1 Å². The average molecular weight is 214 g/mol. The predicted molar refractivity (Wildman–Crippen MR) is 54.9 cm³/mol. The highest BCUT2D eigenvalue weighted by atomic mass is 35.5. The van der Waals surface area contributed by atoms with Crippen molar-refractivity contribution in [1.29, 1.82) is 0 Å². The van der Waals surface area contributed by atoms with Crippen molar-refractivity contribution in [3.63, 3.8) is 0 Å². The van der Waals surface area contributed by atoms with Crippen LogP contribution in [-0.2, 0) is 16.1 Å². The highest BCUT2D eigenvalue weighted by Gasteiger charge is 2.03. The quantitative estimate of drug-likeness (QED) is 0.777. The molecule has 0 heterocycles. The molecule has 0 spiro atoms. The van der Waals surface area contributed by atoms with E-state index in [1.807, 2.05) is 24.3 Å². The number of rotatable bonds is 4. The molecule has 0 atom stereocenters. The number of hydrogen-bond acceptors (Lipinski definition) is 2. The molecule has 1 aromatic carbocycles. The number of nitrogens with one attached hydrogen (secondary N) is 1. The lowest BCUT2D eigenvalue weighted by Gasteiger charge is -2.03. The maximum Gasteiger partial charge on any atom is 0.243 e. The van der Waals surface area contributed by atoms with E-state index in [0.29, 0.717) is 17.9 Å². The number of amides is 1. The second kappa shape index (κ2) is 5.62. The van der Waals surface area contributed by atoms with Gasteiger partial charge in [-0.2, -0.15) is 0 Å². The van der Waals surface area contributed by atoms with E-state index >= 15 is 0 Å². The zero-order valence-electron chi connectivity index (χ0n) is 7.92. The minimum absolute atomic E-state index is 0.146. The molecule has 0 aromatic heterocycles. The summed E-state index contributed by atoms with van der Waals surface area (Å²) < 4.78 is 0. The zero-order chi connectivity index (χ0) is 10.4. The first-order valence-corrected chi connectivity index (χ1v) is 4.67. The number of carbonyl (C=O) groups is 1. The first kappa shape index (κ1) is 11.0. The predicted octanol–water partition coefficient (Wildman–Crippen LogP) is 1.95. The monoisotopic (exact) mass is 213 g/mol. The highest BCUT2D eigenvalue weighted by Crippen LogP contribution is 2.16. The van der Waals surface area contributed by atoms with Crippen LogP contribution in [0.1, 0.15) is 12.0 Å². The Kier molecular flexibility index (Phi) is 4.43. The second-order valence-electron chi connectivity index (χ2n) is 2.82. The molecule has 4 heteroatoms. The molecule has 0 aliphatic rings. The minimum atomic E-state index is -0.146. The molecule has 0 unspecified atom stereocenters. The fraction of sp³-hybridized carbons (Fsp3) is 0.300. The van der Waals surface area contributed by atoms with Gasteiger partial charge >= 0.3 is 0 Å². The van der Waals surface area contributed by atoms with Gasteiger partial charge in [0.05, 0.1) is 7.11 Å². The Morgan fingerprint density at radius 3 is 2.86 bits per heavy atom. The van der Waals surface area contributed by atoms with Crippen molar-refractivity contribution in [2.24, 2.45) is 0 Å². The van der Waals surface area contributed by atoms with Crippen molar-refractivity contribution in [3.05, 3.63) is 34.9 Å². The van der Waals surface area contributed by atoms with Gasteiger partial charge in [0.25, 0.3) is 0 Å². The molecule has 0 saturated heterocycles. The second-order valence-corrected chi connectivity index (χ2v) is 3.23. The van der Waals surface area contributed by atoms with Gasteiger partial charge < -0.3 is 0 Å². The Bertz CT molecular complexity index is 315. The first-order valence-electron chi connectivity index (χ1n) is 4.29. The standard InChI is InChI=1S/C10H12ClNO2/c1-14-12-10(13)7-6-8-4-2-3-5-9(8)11/h2-5H,6-7H2,1H3,(H,12,13). The molecule has 0 radical (unpaired) electrons. The molecule has 0 aliphatic carbocycles. The summed E-state index contributed by atoms with van der Waals surface area (Å²) in [5.74, 6) is -0.146. The number of hydrogen-bond donors (Lipinski definition) is 1. The van der Waals surface area contributed by atoms with E-state index in [2.05, 4.69) is 10.3 Å². The minimum Gasteiger partial charge on any atom is -0.277 e. The van der Waals surface area contributed by atoms with Gasteiger partial charge in [0.1, 0.15) is 0 Å². The third-order valence-corrected chi connectivity index (χ3v) is 2.16. The fourth-order valence-corrected chi connectivity index (χ4v) is 1.34. The van der Waals surface area contributed by atoms with E-state index in [1.165, 1.54) is 7.11 Å². The fourth-order valence-electron chi connectivity index (χ4n) is 1.11. The van der Waals surface area contributed by atoms with Crippen LogP contribution in [0, 0.1) is 0 Å². The third-order valence-electron chi connectivity index (χ3n) is 1.80. The summed E-state index contributed by atoms with van der Waals surface area (Å²) in [7, 11) is 1.41. The van der Waals surface area contributed by atoms with E-state index in [9.17, 15) is 4.79 Å².